The second-order valence-electron chi connectivity index (χ2n) is 11.4. The van der Waals surface area contributed by atoms with Gasteiger partial charge in [-0.25, -0.2) is 4.98 Å². The number of amides is 1. The maximum absolute atomic E-state index is 14.0. The maximum Gasteiger partial charge on any atom is 0.282 e. The molecule has 1 heterocycles. The SMILES string of the molecule is CCOc1cc(C)c(-c2nc3ccccc3c(=O)n2N=Cc2ccc(N(C)C)cc2OCC(=O)Nc2ccccc2)cc1C(C)C. The summed E-state index contributed by atoms with van der Waals surface area (Å²) in [6.07, 6.45) is 1.57. The summed E-state index contributed by atoms with van der Waals surface area (Å²) in [7, 11) is 3.85. The van der Waals surface area contributed by atoms with Gasteiger partial charge in [0, 0.05) is 42.7 Å². The van der Waals surface area contributed by atoms with Crippen LogP contribution in [-0.4, -0.2) is 49.1 Å². The molecule has 0 fully saturated rings. The molecule has 0 aliphatic carbocycles. The Morgan fingerprint density at radius 2 is 1.72 bits per heavy atom. The van der Waals surface area contributed by atoms with Gasteiger partial charge in [-0.3, -0.25) is 9.59 Å². The van der Waals surface area contributed by atoms with Crippen molar-refractivity contribution in [1.29, 1.82) is 0 Å². The summed E-state index contributed by atoms with van der Waals surface area (Å²) >= 11 is 0. The molecule has 0 aliphatic rings. The van der Waals surface area contributed by atoms with Crippen LogP contribution in [0.2, 0.25) is 0 Å². The van der Waals surface area contributed by atoms with Gasteiger partial charge in [-0.05, 0) is 79.4 Å². The number of para-hydroxylation sites is 2. The standard InChI is InChI=1S/C37H39N5O4/c1-7-45-34-19-25(4)31(21-30(34)24(2)3)36-40-32-16-12-11-15-29(32)37(44)42(36)38-22-26-17-18-28(41(5)6)20-33(26)46-23-35(43)39-27-13-9-8-10-14-27/h8-22,24H,7,23H2,1-6H3,(H,39,43). The number of hydrogen-bond donors (Lipinski definition) is 1. The molecule has 0 saturated carbocycles. The van der Waals surface area contributed by atoms with E-state index in [1.54, 1.807) is 12.3 Å². The number of rotatable bonds is 11. The zero-order valence-corrected chi connectivity index (χ0v) is 27.1. The third kappa shape index (κ3) is 7.10. The van der Waals surface area contributed by atoms with Gasteiger partial charge in [0.25, 0.3) is 11.5 Å². The van der Waals surface area contributed by atoms with Crippen LogP contribution in [0.25, 0.3) is 22.3 Å². The summed E-state index contributed by atoms with van der Waals surface area (Å²) in [5.74, 6) is 1.56. The van der Waals surface area contributed by atoms with E-state index < -0.39 is 0 Å². The lowest BCUT2D eigenvalue weighted by molar-refractivity contribution is -0.118. The Hall–Kier alpha value is -5.44. The number of aromatic nitrogens is 2. The zero-order valence-electron chi connectivity index (χ0n) is 27.1. The van der Waals surface area contributed by atoms with Gasteiger partial charge in [-0.15, -0.1) is 0 Å². The molecule has 1 aromatic heterocycles. The molecule has 0 unspecified atom stereocenters. The zero-order chi connectivity index (χ0) is 32.8. The number of hydrogen-bond acceptors (Lipinski definition) is 7. The number of carbonyl (C=O) groups is 1. The van der Waals surface area contributed by atoms with Crippen molar-refractivity contribution in [3.05, 3.63) is 112 Å². The van der Waals surface area contributed by atoms with Crippen molar-refractivity contribution < 1.29 is 14.3 Å². The highest BCUT2D eigenvalue weighted by molar-refractivity contribution is 5.92. The quantitative estimate of drug-likeness (QED) is 0.163. The Bertz CT molecular complexity index is 1950. The van der Waals surface area contributed by atoms with Gasteiger partial charge < -0.3 is 19.7 Å². The fraction of sp³-hybridized carbons (Fsp3) is 0.243. The summed E-state index contributed by atoms with van der Waals surface area (Å²) in [4.78, 5) is 33.5. The molecule has 1 N–H and O–H groups in total. The van der Waals surface area contributed by atoms with E-state index in [-0.39, 0.29) is 24.0 Å². The molecule has 0 atom stereocenters. The minimum atomic E-state index is -0.300. The minimum Gasteiger partial charge on any atom is -0.494 e. The topological polar surface area (TPSA) is 98.1 Å². The average Bonchev–Trinajstić information content (AvgIpc) is 3.04. The van der Waals surface area contributed by atoms with Crippen molar-refractivity contribution in [2.24, 2.45) is 5.10 Å². The number of benzene rings is 4. The van der Waals surface area contributed by atoms with Gasteiger partial charge in [0.2, 0.25) is 0 Å². The number of fused-ring (bicyclic) bond motifs is 1. The van der Waals surface area contributed by atoms with E-state index in [0.29, 0.717) is 40.3 Å². The van der Waals surface area contributed by atoms with Crippen molar-refractivity contribution in [2.75, 3.05) is 37.5 Å². The molecule has 0 aliphatic heterocycles. The lowest BCUT2D eigenvalue weighted by atomic mass is 9.96. The molecule has 5 rings (SSSR count). The molecule has 236 valence electrons. The monoisotopic (exact) mass is 617 g/mol. The largest absolute Gasteiger partial charge is 0.494 e. The number of nitrogens with zero attached hydrogens (tertiary/aromatic N) is 4. The summed E-state index contributed by atoms with van der Waals surface area (Å²) < 4.78 is 13.3. The van der Waals surface area contributed by atoms with E-state index in [4.69, 9.17) is 19.6 Å². The molecular weight excluding hydrogens is 578 g/mol. The van der Waals surface area contributed by atoms with Gasteiger partial charge in [-0.1, -0.05) is 44.2 Å². The lowest BCUT2D eigenvalue weighted by Gasteiger charge is -2.18. The predicted molar refractivity (Wildman–Crippen MR) is 186 cm³/mol. The first-order valence-corrected chi connectivity index (χ1v) is 15.3. The Morgan fingerprint density at radius 3 is 2.43 bits per heavy atom. The average molecular weight is 618 g/mol. The molecule has 4 aromatic carbocycles. The van der Waals surface area contributed by atoms with Crippen molar-refractivity contribution in [3.8, 4) is 22.9 Å². The normalized spacial score (nSPS) is 11.3. The summed E-state index contributed by atoms with van der Waals surface area (Å²) in [6.45, 7) is 8.49. The van der Waals surface area contributed by atoms with Gasteiger partial charge in [0.05, 0.1) is 23.7 Å². The molecule has 0 saturated heterocycles. The maximum atomic E-state index is 14.0. The number of carbonyl (C=O) groups excluding carboxylic acids is 1. The number of aryl methyl sites for hydroxylation is 1. The third-order valence-electron chi connectivity index (χ3n) is 7.52. The van der Waals surface area contributed by atoms with E-state index in [1.807, 2.05) is 112 Å². The Morgan fingerprint density at radius 1 is 0.978 bits per heavy atom. The fourth-order valence-corrected chi connectivity index (χ4v) is 5.09. The smallest absolute Gasteiger partial charge is 0.282 e. The molecule has 0 bridgehead atoms. The first kappa shape index (κ1) is 32.0. The second kappa shape index (κ2) is 14.1. The van der Waals surface area contributed by atoms with E-state index in [9.17, 15) is 9.59 Å². The lowest BCUT2D eigenvalue weighted by Crippen LogP contribution is -2.21. The second-order valence-corrected chi connectivity index (χ2v) is 11.4. The van der Waals surface area contributed by atoms with Crippen molar-refractivity contribution >= 4 is 34.4 Å². The van der Waals surface area contributed by atoms with Crippen molar-refractivity contribution in [2.45, 2.75) is 33.6 Å². The Kier molecular flexibility index (Phi) is 9.81. The Labute approximate surface area is 269 Å². The van der Waals surface area contributed by atoms with Crippen LogP contribution in [-0.2, 0) is 4.79 Å². The van der Waals surface area contributed by atoms with Gasteiger partial charge in [0.1, 0.15) is 11.5 Å². The molecule has 9 heteroatoms. The van der Waals surface area contributed by atoms with Crippen molar-refractivity contribution in [3.63, 3.8) is 0 Å². The van der Waals surface area contributed by atoms with E-state index in [0.717, 1.165) is 28.1 Å². The van der Waals surface area contributed by atoms with Crippen LogP contribution in [0, 0.1) is 6.92 Å². The molecule has 0 spiro atoms. The number of ether oxygens (including phenoxy) is 2. The molecule has 5 aromatic rings. The van der Waals surface area contributed by atoms with Crippen LogP contribution >= 0.6 is 0 Å². The highest BCUT2D eigenvalue weighted by atomic mass is 16.5. The first-order chi connectivity index (χ1) is 22.2. The van der Waals surface area contributed by atoms with Crippen LogP contribution in [0.15, 0.2) is 94.8 Å². The van der Waals surface area contributed by atoms with Crippen LogP contribution in [0.1, 0.15) is 43.4 Å². The molecule has 1 amide bonds. The van der Waals surface area contributed by atoms with Crippen molar-refractivity contribution in [1.82, 2.24) is 9.66 Å². The highest BCUT2D eigenvalue weighted by Gasteiger charge is 2.19. The van der Waals surface area contributed by atoms with E-state index in [2.05, 4.69) is 19.2 Å². The molecule has 0 radical (unpaired) electrons. The molecule has 46 heavy (non-hydrogen) atoms. The number of anilines is 2. The highest BCUT2D eigenvalue weighted by Crippen LogP contribution is 2.34. The third-order valence-corrected chi connectivity index (χ3v) is 7.52. The van der Waals surface area contributed by atoms with Gasteiger partial charge >= 0.3 is 0 Å². The summed E-state index contributed by atoms with van der Waals surface area (Å²) in [5, 5.41) is 7.99. The van der Waals surface area contributed by atoms with E-state index in [1.165, 1.54) is 4.68 Å². The fourth-order valence-electron chi connectivity index (χ4n) is 5.09. The summed E-state index contributed by atoms with van der Waals surface area (Å²) in [6, 6.07) is 26.1. The van der Waals surface area contributed by atoms with Gasteiger partial charge in [-0.2, -0.15) is 9.78 Å². The predicted octanol–water partition coefficient (Wildman–Crippen LogP) is 6.86. The minimum absolute atomic E-state index is 0.180. The molecular formula is C37H39N5O4. The van der Waals surface area contributed by atoms with Crippen LogP contribution in [0.5, 0.6) is 11.5 Å². The first-order valence-electron chi connectivity index (χ1n) is 15.3. The van der Waals surface area contributed by atoms with Crippen LogP contribution in [0.3, 0.4) is 0 Å². The molecule has 9 nitrogen and oxygen atoms in total. The van der Waals surface area contributed by atoms with E-state index >= 15 is 0 Å². The van der Waals surface area contributed by atoms with Gasteiger partial charge in [0.15, 0.2) is 12.4 Å². The van der Waals surface area contributed by atoms with Crippen LogP contribution in [0.4, 0.5) is 11.4 Å². The number of nitrogens with one attached hydrogen (secondary N) is 1. The Balaban J connectivity index is 1.58. The summed E-state index contributed by atoms with van der Waals surface area (Å²) in [5.41, 5.74) is 5.14. The van der Waals surface area contributed by atoms with Crippen LogP contribution < -0.4 is 25.2 Å².